The Bertz CT molecular complexity index is 2300. The Morgan fingerprint density at radius 2 is 1.75 bits per heavy atom. The molecule has 0 saturated heterocycles. The molecule has 15 nitrogen and oxygen atoms in total. The summed E-state index contributed by atoms with van der Waals surface area (Å²) in [5, 5.41) is 23.0. The Morgan fingerprint density at radius 3 is 2.38 bits per heavy atom. The molecule has 1 aliphatic rings. The Morgan fingerprint density at radius 1 is 1.02 bits per heavy atom. The molecule has 0 fully saturated rings. The number of ether oxygens (including phenoxy) is 5. The van der Waals surface area contributed by atoms with Crippen molar-refractivity contribution in [2.75, 3.05) is 20.3 Å². The number of nitro benzene ring substituents is 2. The maximum atomic E-state index is 14.3. The van der Waals surface area contributed by atoms with Crippen molar-refractivity contribution in [3.8, 4) is 28.7 Å². The van der Waals surface area contributed by atoms with E-state index in [4.69, 9.17) is 23.7 Å². The van der Waals surface area contributed by atoms with Gasteiger partial charge in [-0.1, -0.05) is 17.4 Å². The summed E-state index contributed by atoms with van der Waals surface area (Å²) >= 11 is 3.11. The number of hydrogen-bond acceptors (Lipinski definition) is 13. The van der Waals surface area contributed by atoms with Gasteiger partial charge in [0.05, 0.1) is 67.8 Å². The van der Waals surface area contributed by atoms with Crippen LogP contribution in [0.2, 0.25) is 0 Å². The lowest BCUT2D eigenvalue weighted by molar-refractivity contribution is -0.394. The smallest absolute Gasteiger partial charge is 0.338 e. The van der Waals surface area contributed by atoms with Gasteiger partial charge in [-0.3, -0.25) is 29.6 Å². The summed E-state index contributed by atoms with van der Waals surface area (Å²) in [6.45, 7) is 9.24. The van der Waals surface area contributed by atoms with E-state index in [1.54, 1.807) is 57.2 Å². The SMILES string of the molecule is CCOC(=O)C1=C(C)N=c2s/c(=C/c3cc(I)c(Oc4ccc([N+](=O)[O-])cc4[N+](=O)[O-])c(OCC)c3)c(=O)n2[C@H]1c1ccc(OC(C)C)c(OC)c1. The molecule has 0 N–H and O–H groups in total. The molecule has 1 atom stereocenters. The van der Waals surface area contributed by atoms with E-state index >= 15 is 0 Å². The van der Waals surface area contributed by atoms with Gasteiger partial charge in [0.15, 0.2) is 27.8 Å². The predicted molar refractivity (Wildman–Crippen MR) is 199 cm³/mol. The molecular formula is C35H33IN4O11S. The van der Waals surface area contributed by atoms with E-state index in [0.717, 1.165) is 29.5 Å². The molecule has 52 heavy (non-hydrogen) atoms. The van der Waals surface area contributed by atoms with Crippen molar-refractivity contribution in [1.82, 2.24) is 4.57 Å². The molecule has 0 spiro atoms. The molecule has 0 radical (unpaired) electrons. The number of aromatic nitrogens is 1. The number of thiazole rings is 1. The lowest BCUT2D eigenvalue weighted by Crippen LogP contribution is -2.40. The molecule has 4 aromatic rings. The first-order valence-corrected chi connectivity index (χ1v) is 17.8. The largest absolute Gasteiger partial charge is 0.493 e. The van der Waals surface area contributed by atoms with E-state index in [-0.39, 0.29) is 42.1 Å². The van der Waals surface area contributed by atoms with Gasteiger partial charge in [-0.15, -0.1) is 0 Å². The van der Waals surface area contributed by atoms with Crippen LogP contribution in [0.5, 0.6) is 28.7 Å². The zero-order valence-electron chi connectivity index (χ0n) is 28.8. The summed E-state index contributed by atoms with van der Waals surface area (Å²) in [6, 6.07) is 10.7. The quantitative estimate of drug-likeness (QED) is 0.0646. The fraction of sp³-hybridized carbons (Fsp3) is 0.286. The second-order valence-corrected chi connectivity index (χ2v) is 13.6. The molecule has 1 aromatic heterocycles. The van der Waals surface area contributed by atoms with E-state index in [9.17, 15) is 29.8 Å². The Balaban J connectivity index is 1.64. The second kappa shape index (κ2) is 15.9. The highest BCUT2D eigenvalue weighted by Crippen LogP contribution is 2.42. The van der Waals surface area contributed by atoms with Crippen LogP contribution in [-0.2, 0) is 9.53 Å². The monoisotopic (exact) mass is 844 g/mol. The number of nitro groups is 2. The van der Waals surface area contributed by atoms with E-state index in [2.05, 4.69) is 4.99 Å². The average Bonchev–Trinajstić information content (AvgIpc) is 3.39. The van der Waals surface area contributed by atoms with Crippen LogP contribution in [0.15, 0.2) is 69.6 Å². The minimum atomic E-state index is -0.896. The summed E-state index contributed by atoms with van der Waals surface area (Å²) in [5.41, 5.74) is 0.247. The van der Waals surface area contributed by atoms with Crippen molar-refractivity contribution in [3.05, 3.63) is 114 Å². The second-order valence-electron chi connectivity index (χ2n) is 11.4. The summed E-state index contributed by atoms with van der Waals surface area (Å²) in [6.07, 6.45) is 1.52. The summed E-state index contributed by atoms with van der Waals surface area (Å²) in [4.78, 5) is 54.1. The van der Waals surface area contributed by atoms with E-state index < -0.39 is 38.8 Å². The molecule has 0 aliphatic carbocycles. The first kappa shape index (κ1) is 37.9. The number of fused-ring (bicyclic) bond motifs is 1. The van der Waals surface area contributed by atoms with Crippen LogP contribution in [-0.4, -0.2) is 46.8 Å². The van der Waals surface area contributed by atoms with Crippen LogP contribution < -0.4 is 33.8 Å². The number of non-ortho nitro benzene ring substituents is 1. The number of methoxy groups -OCH3 is 1. The third-order valence-corrected chi connectivity index (χ3v) is 9.36. The van der Waals surface area contributed by atoms with E-state index in [1.807, 2.05) is 36.4 Å². The van der Waals surface area contributed by atoms with Crippen molar-refractivity contribution in [3.63, 3.8) is 0 Å². The van der Waals surface area contributed by atoms with Crippen molar-refractivity contribution < 1.29 is 38.3 Å². The van der Waals surface area contributed by atoms with Gasteiger partial charge in [0, 0.05) is 6.07 Å². The molecule has 2 heterocycles. The van der Waals surface area contributed by atoms with Crippen molar-refractivity contribution in [2.24, 2.45) is 4.99 Å². The minimum Gasteiger partial charge on any atom is -0.493 e. The number of esters is 1. The number of benzene rings is 3. The van der Waals surface area contributed by atoms with Crippen LogP contribution in [0.25, 0.3) is 6.08 Å². The molecule has 17 heteroatoms. The van der Waals surface area contributed by atoms with Crippen molar-refractivity contribution in [1.29, 1.82) is 0 Å². The van der Waals surface area contributed by atoms with Gasteiger partial charge in [0.2, 0.25) is 5.75 Å². The number of halogens is 1. The van der Waals surface area contributed by atoms with E-state index in [1.165, 1.54) is 11.7 Å². The molecule has 3 aromatic carbocycles. The topological polar surface area (TPSA) is 184 Å². The zero-order valence-corrected chi connectivity index (χ0v) is 31.8. The fourth-order valence-electron chi connectivity index (χ4n) is 5.46. The zero-order chi connectivity index (χ0) is 37.9. The fourth-order valence-corrected chi connectivity index (χ4v) is 7.24. The summed E-state index contributed by atoms with van der Waals surface area (Å²) in [7, 11) is 1.51. The highest BCUT2D eigenvalue weighted by atomic mass is 127. The molecule has 1 aliphatic heterocycles. The van der Waals surface area contributed by atoms with Gasteiger partial charge in [-0.05, 0) is 105 Å². The number of nitrogens with zero attached hydrogens (tertiary/aromatic N) is 4. The molecule has 0 unspecified atom stereocenters. The number of hydrogen-bond donors (Lipinski definition) is 0. The van der Waals surface area contributed by atoms with Gasteiger partial charge >= 0.3 is 11.7 Å². The van der Waals surface area contributed by atoms with Gasteiger partial charge < -0.3 is 23.7 Å². The molecular weight excluding hydrogens is 811 g/mol. The Hall–Kier alpha value is -5.30. The Labute approximate surface area is 314 Å². The van der Waals surface area contributed by atoms with Crippen LogP contribution in [0.3, 0.4) is 0 Å². The van der Waals surface area contributed by atoms with Crippen molar-refractivity contribution in [2.45, 2.75) is 46.8 Å². The average molecular weight is 845 g/mol. The predicted octanol–water partition coefficient (Wildman–Crippen LogP) is 6.21. The van der Waals surface area contributed by atoms with Gasteiger partial charge in [0.25, 0.3) is 11.2 Å². The lowest BCUT2D eigenvalue weighted by Gasteiger charge is -2.25. The highest BCUT2D eigenvalue weighted by Gasteiger charge is 2.34. The maximum Gasteiger partial charge on any atom is 0.338 e. The molecule has 0 amide bonds. The number of carbonyl (C=O) groups excluding carboxylic acids is 1. The van der Waals surface area contributed by atoms with Crippen LogP contribution in [0.1, 0.15) is 51.8 Å². The molecule has 0 bridgehead atoms. The first-order valence-electron chi connectivity index (χ1n) is 15.9. The summed E-state index contributed by atoms with van der Waals surface area (Å²) in [5.74, 6) is 0.461. The molecule has 5 rings (SSSR count). The third-order valence-electron chi connectivity index (χ3n) is 7.57. The lowest BCUT2D eigenvalue weighted by atomic mass is 9.95. The maximum absolute atomic E-state index is 14.3. The van der Waals surface area contributed by atoms with Gasteiger partial charge in [-0.25, -0.2) is 9.79 Å². The summed E-state index contributed by atoms with van der Waals surface area (Å²) < 4.78 is 30.9. The van der Waals surface area contributed by atoms with Crippen LogP contribution >= 0.6 is 33.9 Å². The highest BCUT2D eigenvalue weighted by molar-refractivity contribution is 14.1. The van der Waals surface area contributed by atoms with Gasteiger partial charge in [-0.2, -0.15) is 0 Å². The number of allylic oxidation sites excluding steroid dienone is 1. The number of rotatable bonds is 13. The van der Waals surface area contributed by atoms with Gasteiger partial charge in [0.1, 0.15) is 0 Å². The number of carbonyl (C=O) groups is 1. The van der Waals surface area contributed by atoms with Crippen LogP contribution in [0, 0.1) is 23.8 Å². The Kier molecular flexibility index (Phi) is 11.6. The normalized spacial score (nSPS) is 14.1. The van der Waals surface area contributed by atoms with Crippen LogP contribution in [0.4, 0.5) is 11.4 Å². The minimum absolute atomic E-state index is 0.120. The molecule has 0 saturated carbocycles. The van der Waals surface area contributed by atoms with E-state index in [0.29, 0.717) is 41.2 Å². The standard InChI is InChI=1S/C35H33IN4O11S/c1-7-48-28-14-20(13-23(36)32(28)51-25-12-10-22(39(43)44)17-24(25)40(45)46)15-29-33(41)38-31(21-9-11-26(50-18(3)4)27(16-21)47-6)30(34(42)49-8-2)19(5)37-35(38)52-29/h9-18,31H,7-8H2,1-6H3/b29-15+/t31-/m0/s1. The molecule has 272 valence electrons. The third kappa shape index (κ3) is 7.79. The van der Waals surface area contributed by atoms with Crippen molar-refractivity contribution >= 4 is 57.3 Å². The first-order chi connectivity index (χ1) is 24.8.